The summed E-state index contributed by atoms with van der Waals surface area (Å²) in [5.41, 5.74) is 0.406. The van der Waals surface area contributed by atoms with Crippen molar-refractivity contribution in [1.82, 2.24) is 10.2 Å². The molecule has 1 atom stereocenters. The van der Waals surface area contributed by atoms with Gasteiger partial charge in [-0.3, -0.25) is 13.9 Å². The van der Waals surface area contributed by atoms with E-state index in [1.165, 1.54) is 29.2 Å². The highest BCUT2D eigenvalue weighted by molar-refractivity contribution is 7.92. The second-order valence-corrected chi connectivity index (χ2v) is 13.4. The van der Waals surface area contributed by atoms with Crippen molar-refractivity contribution in [1.29, 1.82) is 0 Å². The van der Waals surface area contributed by atoms with Crippen LogP contribution in [0.15, 0.2) is 102 Å². The van der Waals surface area contributed by atoms with Gasteiger partial charge in [-0.1, -0.05) is 83.4 Å². The van der Waals surface area contributed by atoms with Crippen molar-refractivity contribution in [3.8, 4) is 0 Å². The molecule has 0 bridgehead atoms. The van der Waals surface area contributed by atoms with Crippen LogP contribution in [-0.4, -0.2) is 44.3 Å². The number of sulfonamides is 1. The summed E-state index contributed by atoms with van der Waals surface area (Å²) in [6.45, 7) is 2.55. The Morgan fingerprint density at radius 3 is 2.19 bits per heavy atom. The number of carbonyl (C=O) groups is 2. The summed E-state index contributed by atoms with van der Waals surface area (Å²) in [4.78, 5) is 28.9. The fraction of sp³-hybridized carbons (Fsp3) is 0.235. The SMILES string of the molecule is CCNC(=O)[C@@H](Cc1ccccc1)N(Cc1ccc(Cl)cc1Cl)C(=O)CN(c1cccc(C(F)(F)F)c1)S(=O)(=O)c1ccc(C)cc1. The predicted molar refractivity (Wildman–Crippen MR) is 177 cm³/mol. The maximum atomic E-state index is 14.4. The molecule has 2 amide bonds. The van der Waals surface area contributed by atoms with E-state index in [-0.39, 0.29) is 35.1 Å². The zero-order chi connectivity index (χ0) is 34.4. The monoisotopic (exact) mass is 705 g/mol. The van der Waals surface area contributed by atoms with Crippen LogP contribution in [0.4, 0.5) is 18.9 Å². The maximum absolute atomic E-state index is 14.4. The van der Waals surface area contributed by atoms with Gasteiger partial charge in [-0.2, -0.15) is 13.2 Å². The molecule has 1 N–H and O–H groups in total. The van der Waals surface area contributed by atoms with Crippen LogP contribution in [0.5, 0.6) is 0 Å². The van der Waals surface area contributed by atoms with E-state index in [9.17, 15) is 31.2 Å². The average molecular weight is 707 g/mol. The molecule has 0 saturated heterocycles. The van der Waals surface area contributed by atoms with E-state index in [1.54, 1.807) is 68.4 Å². The molecule has 0 heterocycles. The number of halogens is 5. The summed E-state index contributed by atoms with van der Waals surface area (Å²) < 4.78 is 70.0. The summed E-state index contributed by atoms with van der Waals surface area (Å²) in [5.74, 6) is -1.36. The first-order valence-electron chi connectivity index (χ1n) is 14.5. The normalized spacial score (nSPS) is 12.3. The number of carbonyl (C=O) groups excluding carboxylic acids is 2. The Balaban J connectivity index is 1.86. The van der Waals surface area contributed by atoms with Crippen molar-refractivity contribution in [3.63, 3.8) is 0 Å². The minimum absolute atomic E-state index is 0.0535. The van der Waals surface area contributed by atoms with E-state index in [0.29, 0.717) is 26.5 Å². The van der Waals surface area contributed by atoms with E-state index >= 15 is 0 Å². The lowest BCUT2D eigenvalue weighted by molar-refractivity contribution is -0.140. The van der Waals surface area contributed by atoms with Crippen LogP contribution in [0.3, 0.4) is 0 Å². The number of hydrogen-bond donors (Lipinski definition) is 1. The molecule has 0 aromatic heterocycles. The highest BCUT2D eigenvalue weighted by Gasteiger charge is 2.36. The molecular weight excluding hydrogens is 674 g/mol. The number of hydrogen-bond acceptors (Lipinski definition) is 4. The molecule has 0 fully saturated rings. The van der Waals surface area contributed by atoms with Gasteiger partial charge in [0, 0.05) is 29.6 Å². The molecule has 13 heteroatoms. The molecule has 0 aliphatic rings. The van der Waals surface area contributed by atoms with E-state index in [2.05, 4.69) is 5.32 Å². The molecule has 248 valence electrons. The molecule has 47 heavy (non-hydrogen) atoms. The Kier molecular flexibility index (Phi) is 11.6. The summed E-state index contributed by atoms with van der Waals surface area (Å²) in [7, 11) is -4.59. The summed E-state index contributed by atoms with van der Waals surface area (Å²) in [6, 6.07) is 21.8. The van der Waals surface area contributed by atoms with Crippen molar-refractivity contribution >= 4 is 50.7 Å². The molecule has 0 aliphatic heterocycles. The molecule has 0 radical (unpaired) electrons. The van der Waals surface area contributed by atoms with Crippen molar-refractivity contribution in [2.75, 3.05) is 17.4 Å². The lowest BCUT2D eigenvalue weighted by atomic mass is 10.0. The number of nitrogens with zero attached hydrogens (tertiary/aromatic N) is 2. The lowest BCUT2D eigenvalue weighted by Crippen LogP contribution is -2.53. The number of alkyl halides is 3. The topological polar surface area (TPSA) is 86.8 Å². The van der Waals surface area contributed by atoms with Crippen LogP contribution in [0, 0.1) is 6.92 Å². The maximum Gasteiger partial charge on any atom is 0.416 e. The third-order valence-corrected chi connectivity index (χ3v) is 9.70. The van der Waals surface area contributed by atoms with Crippen LogP contribution in [-0.2, 0) is 38.8 Å². The number of rotatable bonds is 12. The zero-order valence-corrected chi connectivity index (χ0v) is 27.8. The van der Waals surface area contributed by atoms with E-state index in [1.807, 2.05) is 0 Å². The average Bonchev–Trinajstić information content (AvgIpc) is 3.02. The number of nitrogens with one attached hydrogen (secondary N) is 1. The third kappa shape index (κ3) is 9.06. The van der Waals surface area contributed by atoms with Crippen molar-refractivity contribution < 1.29 is 31.2 Å². The highest BCUT2D eigenvalue weighted by atomic mass is 35.5. The van der Waals surface area contributed by atoms with Gasteiger partial charge in [-0.15, -0.1) is 0 Å². The van der Waals surface area contributed by atoms with Crippen LogP contribution in [0.1, 0.15) is 29.2 Å². The Labute approximate surface area is 282 Å². The summed E-state index contributed by atoms with van der Waals surface area (Å²) in [5, 5.41) is 3.27. The van der Waals surface area contributed by atoms with Crippen molar-refractivity contribution in [2.24, 2.45) is 0 Å². The largest absolute Gasteiger partial charge is 0.416 e. The number of amides is 2. The first-order chi connectivity index (χ1) is 22.2. The van der Waals surface area contributed by atoms with Gasteiger partial charge in [-0.25, -0.2) is 8.42 Å². The number of anilines is 1. The van der Waals surface area contributed by atoms with Gasteiger partial charge in [-0.05, 0) is 67.4 Å². The molecule has 0 unspecified atom stereocenters. The van der Waals surface area contributed by atoms with Crippen LogP contribution in [0.2, 0.25) is 10.0 Å². The Morgan fingerprint density at radius 2 is 1.57 bits per heavy atom. The van der Waals surface area contributed by atoms with Gasteiger partial charge < -0.3 is 10.2 Å². The Morgan fingerprint density at radius 1 is 0.894 bits per heavy atom. The third-order valence-electron chi connectivity index (χ3n) is 7.33. The molecule has 0 saturated carbocycles. The molecule has 7 nitrogen and oxygen atoms in total. The van der Waals surface area contributed by atoms with Crippen LogP contribution >= 0.6 is 23.2 Å². The highest BCUT2D eigenvalue weighted by Crippen LogP contribution is 2.34. The van der Waals surface area contributed by atoms with E-state index in [4.69, 9.17) is 23.2 Å². The number of aryl methyl sites for hydroxylation is 1. The second kappa shape index (κ2) is 15.2. The fourth-order valence-corrected chi connectivity index (χ4v) is 6.76. The molecule has 4 rings (SSSR count). The Bertz CT molecular complexity index is 1820. The molecular formula is C34H32Cl2F3N3O4S. The van der Waals surface area contributed by atoms with E-state index < -0.39 is 46.2 Å². The van der Waals surface area contributed by atoms with Gasteiger partial charge in [0.2, 0.25) is 11.8 Å². The van der Waals surface area contributed by atoms with Gasteiger partial charge in [0.15, 0.2) is 0 Å². The Hall–Kier alpha value is -4.06. The second-order valence-electron chi connectivity index (χ2n) is 10.7. The molecule has 0 spiro atoms. The fourth-order valence-electron chi connectivity index (χ4n) is 4.88. The molecule has 4 aromatic rings. The van der Waals surface area contributed by atoms with E-state index in [0.717, 1.165) is 17.7 Å². The minimum Gasteiger partial charge on any atom is -0.355 e. The van der Waals surface area contributed by atoms with Crippen molar-refractivity contribution in [3.05, 3.63) is 129 Å². The van der Waals surface area contributed by atoms with Crippen molar-refractivity contribution in [2.45, 2.75) is 43.9 Å². The summed E-state index contributed by atoms with van der Waals surface area (Å²) in [6.07, 6.45) is -4.73. The lowest BCUT2D eigenvalue weighted by Gasteiger charge is -2.34. The zero-order valence-electron chi connectivity index (χ0n) is 25.5. The number of likely N-dealkylation sites (N-methyl/N-ethyl adjacent to an activating group) is 1. The van der Waals surface area contributed by atoms with Crippen LogP contribution < -0.4 is 9.62 Å². The number of benzene rings is 4. The predicted octanol–water partition coefficient (Wildman–Crippen LogP) is 7.29. The standard InChI is InChI=1S/C34H32Cl2F3N3O4S/c1-3-40-33(44)31(18-24-8-5-4-6-9-24)41(21-25-14-15-27(35)20-30(25)36)32(43)22-42(28-11-7-10-26(19-28)34(37,38)39)47(45,46)29-16-12-23(2)13-17-29/h4-17,19-20,31H,3,18,21-22H2,1-2H3,(H,40,44)/t31-/m1/s1. The van der Waals surface area contributed by atoms with Crippen LogP contribution in [0.25, 0.3) is 0 Å². The molecule has 4 aromatic carbocycles. The first-order valence-corrected chi connectivity index (χ1v) is 16.7. The molecule has 0 aliphatic carbocycles. The minimum atomic E-state index is -4.78. The van der Waals surface area contributed by atoms with Gasteiger partial charge >= 0.3 is 6.18 Å². The quantitative estimate of drug-likeness (QED) is 0.168. The van der Waals surface area contributed by atoms with Gasteiger partial charge in [0.1, 0.15) is 12.6 Å². The van der Waals surface area contributed by atoms with Gasteiger partial charge in [0.05, 0.1) is 16.1 Å². The summed E-state index contributed by atoms with van der Waals surface area (Å²) >= 11 is 12.6. The first kappa shape index (κ1) is 35.8. The van der Waals surface area contributed by atoms with Gasteiger partial charge in [0.25, 0.3) is 10.0 Å². The smallest absolute Gasteiger partial charge is 0.355 e.